The van der Waals surface area contributed by atoms with Crippen molar-refractivity contribution in [2.24, 2.45) is 5.73 Å². The molecule has 1 atom stereocenters. The number of aliphatic carboxylic acids is 1. The lowest BCUT2D eigenvalue weighted by atomic mass is 10.1. The number of benzene rings is 1. The Bertz CT molecular complexity index is 445. The molecule has 1 rings (SSSR count). The second-order valence-corrected chi connectivity index (χ2v) is 3.79. The third kappa shape index (κ3) is 4.65. The second-order valence-electron chi connectivity index (χ2n) is 3.79. The van der Waals surface area contributed by atoms with Crippen LogP contribution in [0.1, 0.15) is 12.0 Å². The molecule has 6 heteroatoms. The molecule has 0 aliphatic carbocycles. The highest BCUT2D eigenvalue weighted by molar-refractivity contribution is 5.97. The number of carbonyl (C=O) groups excluding carboxylic acids is 2. The molecule has 0 unspecified atom stereocenters. The van der Waals surface area contributed by atoms with E-state index in [0.29, 0.717) is 0 Å². The summed E-state index contributed by atoms with van der Waals surface area (Å²) >= 11 is 0. The summed E-state index contributed by atoms with van der Waals surface area (Å²) in [6.07, 6.45) is -0.362. The van der Waals surface area contributed by atoms with Crippen molar-refractivity contribution in [3.63, 3.8) is 0 Å². The maximum atomic E-state index is 11.3. The standard InChI is InChI=1S/C12H14N2O4/c13-10(15)7-11(16)14-9(12(17)18)6-8-4-2-1-3-5-8/h1-5,9H,6-7H2,(H2,13,15)(H,14,16)(H,17,18)/t9-/m1/s1. The number of rotatable bonds is 6. The second kappa shape index (κ2) is 6.39. The zero-order valence-electron chi connectivity index (χ0n) is 9.63. The maximum Gasteiger partial charge on any atom is 0.326 e. The summed E-state index contributed by atoms with van der Waals surface area (Å²) in [6.45, 7) is 0. The highest BCUT2D eigenvalue weighted by Gasteiger charge is 2.20. The van der Waals surface area contributed by atoms with Crippen molar-refractivity contribution in [1.82, 2.24) is 5.32 Å². The van der Waals surface area contributed by atoms with Crippen LogP contribution in [0.15, 0.2) is 30.3 Å². The van der Waals surface area contributed by atoms with Crippen LogP contribution in [0.4, 0.5) is 0 Å². The predicted molar refractivity (Wildman–Crippen MR) is 63.5 cm³/mol. The molecule has 0 saturated heterocycles. The molecule has 0 bridgehead atoms. The Morgan fingerprint density at radius 3 is 2.33 bits per heavy atom. The van der Waals surface area contributed by atoms with Crippen molar-refractivity contribution in [3.05, 3.63) is 35.9 Å². The van der Waals surface area contributed by atoms with Crippen LogP contribution in [0, 0.1) is 0 Å². The van der Waals surface area contributed by atoms with Crippen LogP contribution in [0.25, 0.3) is 0 Å². The van der Waals surface area contributed by atoms with Gasteiger partial charge in [0.15, 0.2) is 0 Å². The normalized spacial score (nSPS) is 11.6. The smallest absolute Gasteiger partial charge is 0.326 e. The molecule has 1 aromatic rings. The van der Waals surface area contributed by atoms with E-state index in [-0.39, 0.29) is 6.42 Å². The first-order valence-electron chi connectivity index (χ1n) is 5.33. The first kappa shape index (κ1) is 13.7. The summed E-state index contributed by atoms with van der Waals surface area (Å²) in [7, 11) is 0. The highest BCUT2D eigenvalue weighted by atomic mass is 16.4. The van der Waals surface area contributed by atoms with E-state index in [1.807, 2.05) is 6.07 Å². The van der Waals surface area contributed by atoms with Crippen molar-refractivity contribution in [3.8, 4) is 0 Å². The molecule has 0 saturated carbocycles. The van der Waals surface area contributed by atoms with Crippen LogP contribution in [-0.2, 0) is 20.8 Å². The van der Waals surface area contributed by atoms with Gasteiger partial charge in [-0.3, -0.25) is 9.59 Å². The third-order valence-electron chi connectivity index (χ3n) is 2.25. The number of nitrogens with two attached hydrogens (primary N) is 1. The lowest BCUT2D eigenvalue weighted by molar-refractivity contribution is -0.142. The summed E-state index contributed by atoms with van der Waals surface area (Å²) in [6, 6.07) is 7.82. The molecular formula is C12H14N2O4. The number of hydrogen-bond acceptors (Lipinski definition) is 3. The van der Waals surface area contributed by atoms with Gasteiger partial charge >= 0.3 is 5.97 Å². The topological polar surface area (TPSA) is 109 Å². The fourth-order valence-corrected chi connectivity index (χ4v) is 1.45. The number of carboxylic acids is 1. The first-order valence-corrected chi connectivity index (χ1v) is 5.33. The number of carbonyl (C=O) groups is 3. The van der Waals surface area contributed by atoms with E-state index in [2.05, 4.69) is 5.32 Å². The number of carboxylic acid groups (broad SMARTS) is 1. The van der Waals surface area contributed by atoms with Crippen molar-refractivity contribution in [2.75, 3.05) is 0 Å². The average Bonchev–Trinajstić information content (AvgIpc) is 2.28. The largest absolute Gasteiger partial charge is 0.480 e. The lowest BCUT2D eigenvalue weighted by Crippen LogP contribution is -2.43. The zero-order chi connectivity index (χ0) is 13.5. The maximum absolute atomic E-state index is 11.3. The molecule has 0 radical (unpaired) electrons. The van der Waals surface area contributed by atoms with Crippen LogP contribution in [0.3, 0.4) is 0 Å². The molecule has 0 aliphatic rings. The SMILES string of the molecule is NC(=O)CC(=O)N[C@H](Cc1ccccc1)C(=O)O. The summed E-state index contributed by atoms with van der Waals surface area (Å²) in [5, 5.41) is 11.2. The number of primary amides is 1. The molecule has 2 amide bonds. The number of hydrogen-bond donors (Lipinski definition) is 3. The van der Waals surface area contributed by atoms with Crippen molar-refractivity contribution in [1.29, 1.82) is 0 Å². The fourth-order valence-electron chi connectivity index (χ4n) is 1.45. The first-order chi connectivity index (χ1) is 8.49. The van der Waals surface area contributed by atoms with E-state index >= 15 is 0 Å². The zero-order valence-corrected chi connectivity index (χ0v) is 9.63. The van der Waals surface area contributed by atoms with Gasteiger partial charge in [0.05, 0.1) is 0 Å². The Hall–Kier alpha value is -2.37. The van der Waals surface area contributed by atoms with Crippen molar-refractivity contribution < 1.29 is 19.5 Å². The Kier molecular flexibility index (Phi) is 4.86. The van der Waals surface area contributed by atoms with Gasteiger partial charge in [0.2, 0.25) is 11.8 Å². The minimum Gasteiger partial charge on any atom is -0.480 e. The van der Waals surface area contributed by atoms with Crippen LogP contribution < -0.4 is 11.1 Å². The van der Waals surface area contributed by atoms with Gasteiger partial charge in [0, 0.05) is 6.42 Å². The van der Waals surface area contributed by atoms with Gasteiger partial charge in [-0.25, -0.2) is 4.79 Å². The molecule has 96 valence electrons. The molecule has 0 aromatic heterocycles. The van der Waals surface area contributed by atoms with Crippen LogP contribution >= 0.6 is 0 Å². The van der Waals surface area contributed by atoms with E-state index in [9.17, 15) is 14.4 Å². The van der Waals surface area contributed by atoms with Gasteiger partial charge in [0.1, 0.15) is 12.5 Å². The minimum absolute atomic E-state index is 0.153. The Morgan fingerprint density at radius 1 is 1.22 bits per heavy atom. The van der Waals surface area contributed by atoms with Crippen LogP contribution in [0.2, 0.25) is 0 Å². The van der Waals surface area contributed by atoms with Crippen molar-refractivity contribution >= 4 is 17.8 Å². The van der Waals surface area contributed by atoms with Gasteiger partial charge in [0.25, 0.3) is 0 Å². The molecular weight excluding hydrogens is 236 g/mol. The highest BCUT2D eigenvalue weighted by Crippen LogP contribution is 2.03. The van der Waals surface area contributed by atoms with Gasteiger partial charge in [-0.05, 0) is 5.56 Å². The summed E-state index contributed by atoms with van der Waals surface area (Å²) in [5.74, 6) is -2.64. The molecule has 4 N–H and O–H groups in total. The summed E-state index contributed by atoms with van der Waals surface area (Å²) in [4.78, 5) is 32.8. The predicted octanol–water partition coefficient (Wildman–Crippen LogP) is -0.326. The van der Waals surface area contributed by atoms with Gasteiger partial charge in [-0.1, -0.05) is 30.3 Å². The van der Waals surface area contributed by atoms with E-state index in [1.54, 1.807) is 24.3 Å². The summed E-state index contributed by atoms with van der Waals surface area (Å²) < 4.78 is 0. The summed E-state index contributed by atoms with van der Waals surface area (Å²) in [5.41, 5.74) is 5.63. The third-order valence-corrected chi connectivity index (χ3v) is 2.25. The molecule has 0 heterocycles. The van der Waals surface area contributed by atoms with Crippen molar-refractivity contribution in [2.45, 2.75) is 18.9 Å². The van der Waals surface area contributed by atoms with E-state index in [0.717, 1.165) is 5.56 Å². The Balaban J connectivity index is 2.64. The van der Waals surface area contributed by atoms with Gasteiger partial charge in [-0.2, -0.15) is 0 Å². The molecule has 6 nitrogen and oxygen atoms in total. The monoisotopic (exact) mass is 250 g/mol. The van der Waals surface area contributed by atoms with Gasteiger partial charge < -0.3 is 16.2 Å². The molecule has 0 fully saturated rings. The molecule has 18 heavy (non-hydrogen) atoms. The van der Waals surface area contributed by atoms with E-state index < -0.39 is 30.2 Å². The minimum atomic E-state index is -1.16. The Morgan fingerprint density at radius 2 is 1.83 bits per heavy atom. The van der Waals surface area contributed by atoms with Gasteiger partial charge in [-0.15, -0.1) is 0 Å². The molecule has 1 aromatic carbocycles. The fraction of sp³-hybridized carbons (Fsp3) is 0.250. The number of nitrogens with one attached hydrogen (secondary N) is 1. The van der Waals surface area contributed by atoms with Crippen LogP contribution in [-0.4, -0.2) is 28.9 Å². The quantitative estimate of drug-likeness (QED) is 0.601. The molecule has 0 spiro atoms. The molecule has 0 aliphatic heterocycles. The lowest BCUT2D eigenvalue weighted by Gasteiger charge is -2.14. The average molecular weight is 250 g/mol. The number of amides is 2. The van der Waals surface area contributed by atoms with Crippen LogP contribution in [0.5, 0.6) is 0 Å². The van der Waals surface area contributed by atoms with E-state index in [4.69, 9.17) is 10.8 Å². The van der Waals surface area contributed by atoms with E-state index in [1.165, 1.54) is 0 Å². The Labute approximate surface area is 104 Å².